The van der Waals surface area contributed by atoms with Crippen LogP contribution in [0.25, 0.3) is 0 Å². The van der Waals surface area contributed by atoms with Crippen LogP contribution in [0.15, 0.2) is 41.4 Å². The third-order valence-electron chi connectivity index (χ3n) is 4.38. The van der Waals surface area contributed by atoms with Gasteiger partial charge in [0.15, 0.2) is 6.17 Å². The summed E-state index contributed by atoms with van der Waals surface area (Å²) in [4.78, 5) is 27.2. The number of benzene rings is 2. The van der Waals surface area contributed by atoms with Crippen molar-refractivity contribution < 1.29 is 28.2 Å². The van der Waals surface area contributed by atoms with Crippen molar-refractivity contribution >= 4 is 35.3 Å². The number of esters is 1. The van der Waals surface area contributed by atoms with Crippen molar-refractivity contribution in [1.29, 1.82) is 0 Å². The first-order chi connectivity index (χ1) is 15.0. The minimum atomic E-state index is -0.649. The van der Waals surface area contributed by atoms with Crippen molar-refractivity contribution in [3.63, 3.8) is 0 Å². The zero-order valence-corrected chi connectivity index (χ0v) is 17.1. The second-order valence-electron chi connectivity index (χ2n) is 6.56. The lowest BCUT2D eigenvalue weighted by Crippen LogP contribution is -2.19. The van der Waals surface area contributed by atoms with Gasteiger partial charge < -0.3 is 30.2 Å². The molecule has 9 nitrogen and oxygen atoms in total. The maximum atomic E-state index is 14.8. The summed E-state index contributed by atoms with van der Waals surface area (Å²) in [5.74, 6) is -1.16. The Labute approximate surface area is 178 Å². The van der Waals surface area contributed by atoms with E-state index in [4.69, 9.17) is 9.47 Å². The lowest BCUT2D eigenvalue weighted by Gasteiger charge is -2.24. The molecule has 1 heterocycles. The van der Waals surface area contributed by atoms with Gasteiger partial charge in [0.1, 0.15) is 24.6 Å². The Morgan fingerprint density at radius 2 is 1.87 bits per heavy atom. The molecule has 1 amide bonds. The molecule has 10 heteroatoms. The predicted molar refractivity (Wildman–Crippen MR) is 114 cm³/mol. The number of hydrogen-bond acceptors (Lipinski definition) is 8. The first kappa shape index (κ1) is 22.0. The van der Waals surface area contributed by atoms with E-state index in [1.165, 1.54) is 19.5 Å². The fourth-order valence-electron chi connectivity index (χ4n) is 2.90. The summed E-state index contributed by atoms with van der Waals surface area (Å²) in [6.45, 7) is 0.712. The van der Waals surface area contributed by atoms with Crippen LogP contribution in [0.3, 0.4) is 0 Å². The summed E-state index contributed by atoms with van der Waals surface area (Å²) in [5.41, 5.74) is 2.09. The highest BCUT2D eigenvalue weighted by atomic mass is 19.1. The Kier molecular flexibility index (Phi) is 7.39. The van der Waals surface area contributed by atoms with Gasteiger partial charge in [0.25, 0.3) is 0 Å². The van der Waals surface area contributed by atoms with Crippen LogP contribution in [-0.2, 0) is 19.1 Å². The number of halogens is 1. The summed E-state index contributed by atoms with van der Waals surface area (Å²) < 4.78 is 29.7. The Bertz CT molecular complexity index is 965. The first-order valence-electron chi connectivity index (χ1n) is 9.46. The number of fused-ring (bicyclic) bond motifs is 1. The molecule has 2 aromatic rings. The van der Waals surface area contributed by atoms with Crippen LogP contribution in [0.4, 0.5) is 21.5 Å². The van der Waals surface area contributed by atoms with E-state index in [9.17, 15) is 14.0 Å². The summed E-state index contributed by atoms with van der Waals surface area (Å²) >= 11 is 0. The molecule has 0 saturated heterocycles. The van der Waals surface area contributed by atoms with Gasteiger partial charge in [-0.25, -0.2) is 9.38 Å². The van der Waals surface area contributed by atoms with Gasteiger partial charge in [0.2, 0.25) is 5.91 Å². The maximum Gasteiger partial charge on any atom is 0.315 e. The summed E-state index contributed by atoms with van der Waals surface area (Å²) in [5, 5.41) is 8.68. The molecule has 0 saturated carbocycles. The Balaban J connectivity index is 1.67. The molecule has 0 bridgehead atoms. The molecule has 2 aromatic carbocycles. The van der Waals surface area contributed by atoms with Crippen LogP contribution in [0.5, 0.6) is 5.75 Å². The summed E-state index contributed by atoms with van der Waals surface area (Å²) in [6, 6.07) is 9.76. The summed E-state index contributed by atoms with van der Waals surface area (Å²) in [7, 11) is 2.78. The van der Waals surface area contributed by atoms with Crippen molar-refractivity contribution in [2.24, 2.45) is 4.99 Å². The minimum Gasteiger partial charge on any atom is -0.491 e. The fraction of sp³-hybridized carbons (Fsp3) is 0.286. The van der Waals surface area contributed by atoms with Gasteiger partial charge >= 0.3 is 5.97 Å². The van der Waals surface area contributed by atoms with Gasteiger partial charge in [0.05, 0.1) is 31.3 Å². The molecule has 3 N–H and O–H groups in total. The Morgan fingerprint density at radius 3 is 2.58 bits per heavy atom. The van der Waals surface area contributed by atoms with Gasteiger partial charge in [-0.2, -0.15) is 0 Å². The number of aliphatic imine (C=N–C) groups is 1. The number of methoxy groups -OCH3 is 2. The van der Waals surface area contributed by atoms with Gasteiger partial charge in [0, 0.05) is 30.6 Å². The minimum absolute atomic E-state index is 0.313. The SMILES string of the molecule is COCCOc1cc(F)c2c(c1)NC=NC2Nc1ccc(NC(=O)CC(=O)OC)cc1. The van der Waals surface area contributed by atoms with E-state index in [1.807, 2.05) is 0 Å². The largest absolute Gasteiger partial charge is 0.491 e. The lowest BCUT2D eigenvalue weighted by molar-refractivity contribution is -0.142. The molecule has 31 heavy (non-hydrogen) atoms. The monoisotopic (exact) mass is 430 g/mol. The number of anilines is 3. The number of carbonyl (C=O) groups excluding carboxylic acids is 2. The third-order valence-corrected chi connectivity index (χ3v) is 4.38. The summed E-state index contributed by atoms with van der Waals surface area (Å²) in [6.07, 6.45) is 0.469. The van der Waals surface area contributed by atoms with Crippen LogP contribution in [0.1, 0.15) is 18.2 Å². The maximum absolute atomic E-state index is 14.8. The molecular weight excluding hydrogens is 407 g/mol. The highest BCUT2D eigenvalue weighted by Crippen LogP contribution is 2.35. The van der Waals surface area contributed by atoms with Crippen molar-refractivity contribution in [3.8, 4) is 5.75 Å². The van der Waals surface area contributed by atoms with Gasteiger partial charge in [-0.15, -0.1) is 0 Å². The van der Waals surface area contributed by atoms with Crippen molar-refractivity contribution in [3.05, 3.63) is 47.8 Å². The molecule has 0 radical (unpaired) electrons. The molecule has 1 atom stereocenters. The van der Waals surface area contributed by atoms with Crippen LogP contribution < -0.4 is 20.7 Å². The van der Waals surface area contributed by atoms with Crippen molar-refractivity contribution in [2.75, 3.05) is 43.4 Å². The molecule has 1 aliphatic heterocycles. The molecule has 0 fully saturated rings. The molecule has 3 rings (SSSR count). The molecule has 1 aliphatic rings. The van der Waals surface area contributed by atoms with Gasteiger partial charge in [-0.3, -0.25) is 9.59 Å². The number of nitrogens with zero attached hydrogens (tertiary/aromatic N) is 1. The topological polar surface area (TPSA) is 110 Å². The number of rotatable bonds is 9. The number of ether oxygens (including phenoxy) is 3. The van der Waals surface area contributed by atoms with E-state index in [1.54, 1.807) is 37.4 Å². The normalized spacial score (nSPS) is 14.2. The molecule has 164 valence electrons. The second-order valence-corrected chi connectivity index (χ2v) is 6.56. The highest BCUT2D eigenvalue weighted by Gasteiger charge is 2.23. The number of amides is 1. The average Bonchev–Trinajstić information content (AvgIpc) is 2.75. The zero-order chi connectivity index (χ0) is 22.2. The Hall–Kier alpha value is -3.66. The average molecular weight is 430 g/mol. The van der Waals surface area contributed by atoms with E-state index in [2.05, 4.69) is 25.7 Å². The quantitative estimate of drug-likeness (QED) is 0.319. The van der Waals surface area contributed by atoms with Crippen LogP contribution in [-0.4, -0.2) is 45.6 Å². The first-order valence-corrected chi connectivity index (χ1v) is 9.46. The van der Waals surface area contributed by atoms with Gasteiger partial charge in [-0.05, 0) is 24.3 Å². The van der Waals surface area contributed by atoms with E-state index in [0.717, 1.165) is 0 Å². The molecule has 0 aliphatic carbocycles. The fourth-order valence-corrected chi connectivity index (χ4v) is 2.90. The highest BCUT2D eigenvalue weighted by molar-refractivity contribution is 6.01. The zero-order valence-electron chi connectivity index (χ0n) is 17.1. The number of hydrogen-bond donors (Lipinski definition) is 3. The number of nitrogens with one attached hydrogen (secondary N) is 3. The smallest absolute Gasteiger partial charge is 0.315 e. The molecular formula is C21H23FN4O5. The van der Waals surface area contributed by atoms with Crippen LogP contribution >= 0.6 is 0 Å². The molecule has 1 unspecified atom stereocenters. The standard InChI is InChI=1S/C21H23FN4O5/c1-29-7-8-31-15-9-16(22)20-17(10-15)23-12-24-21(20)26-14-5-3-13(4-6-14)25-18(27)11-19(28)30-2/h3-6,9-10,12,21,26H,7-8,11H2,1-2H3,(H,23,24)(H,25,27). The second kappa shape index (κ2) is 10.4. The van der Waals surface area contributed by atoms with Crippen LogP contribution in [0, 0.1) is 5.82 Å². The molecule has 0 spiro atoms. The van der Waals surface area contributed by atoms with Gasteiger partial charge in [-0.1, -0.05) is 0 Å². The van der Waals surface area contributed by atoms with E-state index in [0.29, 0.717) is 41.6 Å². The Morgan fingerprint density at radius 1 is 1.13 bits per heavy atom. The third kappa shape index (κ3) is 5.92. The van der Waals surface area contributed by atoms with Crippen molar-refractivity contribution in [1.82, 2.24) is 0 Å². The van der Waals surface area contributed by atoms with E-state index in [-0.39, 0.29) is 6.42 Å². The van der Waals surface area contributed by atoms with Crippen molar-refractivity contribution in [2.45, 2.75) is 12.6 Å². The predicted octanol–water partition coefficient (Wildman–Crippen LogP) is 2.92. The lowest BCUT2D eigenvalue weighted by atomic mass is 10.1. The van der Waals surface area contributed by atoms with Crippen LogP contribution in [0.2, 0.25) is 0 Å². The van der Waals surface area contributed by atoms with E-state index < -0.39 is 23.9 Å². The van der Waals surface area contributed by atoms with E-state index >= 15 is 0 Å². The number of carbonyl (C=O) groups is 2. The molecule has 0 aromatic heterocycles.